The fraction of sp³-hybridized carbons (Fsp3) is 0.538. The molecule has 0 radical (unpaired) electrons. The Hall–Kier alpha value is -1.38. The molecule has 3 heteroatoms. The van der Waals surface area contributed by atoms with Crippen LogP contribution in [0.25, 0.3) is 11.0 Å². The first-order chi connectivity index (χ1) is 7.67. The summed E-state index contributed by atoms with van der Waals surface area (Å²) in [6.45, 7) is 9.60. The van der Waals surface area contributed by atoms with Gasteiger partial charge in [0.15, 0.2) is 0 Å². The zero-order valence-corrected chi connectivity index (χ0v) is 10.5. The second kappa shape index (κ2) is 4.24. The van der Waals surface area contributed by atoms with Gasteiger partial charge in [-0.15, -0.1) is 0 Å². The third-order valence-electron chi connectivity index (χ3n) is 2.89. The Kier molecular flexibility index (Phi) is 2.95. The van der Waals surface area contributed by atoms with Crippen molar-refractivity contribution in [2.45, 2.75) is 46.6 Å². The van der Waals surface area contributed by atoms with Crippen molar-refractivity contribution >= 4 is 11.0 Å². The van der Waals surface area contributed by atoms with Crippen LogP contribution in [-0.2, 0) is 13.0 Å². The van der Waals surface area contributed by atoms with Crippen LogP contribution < -0.4 is 0 Å². The van der Waals surface area contributed by atoms with Crippen LogP contribution in [0.15, 0.2) is 12.3 Å². The highest BCUT2D eigenvalue weighted by Crippen LogP contribution is 2.23. The predicted octanol–water partition coefficient (Wildman–Crippen LogP) is 3.14. The molecule has 86 valence electrons. The minimum atomic E-state index is 0.441. The molecule has 0 aromatic carbocycles. The van der Waals surface area contributed by atoms with Gasteiger partial charge in [0.05, 0.1) is 16.7 Å². The van der Waals surface area contributed by atoms with Gasteiger partial charge in [0.25, 0.3) is 0 Å². The molecule has 0 aliphatic heterocycles. The van der Waals surface area contributed by atoms with Crippen molar-refractivity contribution in [3.8, 4) is 0 Å². The van der Waals surface area contributed by atoms with Gasteiger partial charge in [-0.25, -0.2) is 9.97 Å². The van der Waals surface area contributed by atoms with E-state index in [1.807, 2.05) is 0 Å². The smallest absolute Gasteiger partial charge is 0.129 e. The molecule has 0 unspecified atom stereocenters. The highest BCUT2D eigenvalue weighted by atomic mass is 15.0. The summed E-state index contributed by atoms with van der Waals surface area (Å²) in [4.78, 5) is 9.24. The van der Waals surface area contributed by atoms with E-state index in [1.54, 1.807) is 0 Å². The summed E-state index contributed by atoms with van der Waals surface area (Å²) in [7, 11) is 0. The topological polar surface area (TPSA) is 30.7 Å². The number of hydrogen-bond donors (Lipinski definition) is 0. The largest absolute Gasteiger partial charge is 0.345 e. The highest BCUT2D eigenvalue weighted by Gasteiger charge is 2.13. The lowest BCUT2D eigenvalue weighted by Gasteiger charge is -2.11. The van der Waals surface area contributed by atoms with E-state index >= 15 is 0 Å². The average molecular weight is 217 g/mol. The molecule has 2 aromatic rings. The monoisotopic (exact) mass is 217 g/mol. The lowest BCUT2D eigenvalue weighted by atomic mass is 10.1. The van der Waals surface area contributed by atoms with Crippen molar-refractivity contribution < 1.29 is 0 Å². The van der Waals surface area contributed by atoms with E-state index < -0.39 is 0 Å². The van der Waals surface area contributed by atoms with Crippen LogP contribution in [0.1, 0.15) is 45.1 Å². The van der Waals surface area contributed by atoms with Crippen molar-refractivity contribution in [3.63, 3.8) is 0 Å². The average Bonchev–Trinajstić information content (AvgIpc) is 2.70. The van der Waals surface area contributed by atoms with Gasteiger partial charge >= 0.3 is 0 Å². The molecule has 2 aromatic heterocycles. The minimum Gasteiger partial charge on any atom is -0.345 e. The molecular weight excluding hydrogens is 198 g/mol. The molecule has 3 nitrogen and oxygen atoms in total. The maximum Gasteiger partial charge on any atom is 0.129 e. The Labute approximate surface area is 96.5 Å². The van der Waals surface area contributed by atoms with Crippen LogP contribution in [0.3, 0.4) is 0 Å². The van der Waals surface area contributed by atoms with Gasteiger partial charge in [0, 0.05) is 19.2 Å². The molecule has 2 heterocycles. The Morgan fingerprint density at radius 2 is 2.00 bits per heavy atom. The Bertz CT molecular complexity index is 497. The van der Waals surface area contributed by atoms with E-state index in [1.165, 1.54) is 11.2 Å². The predicted molar refractivity (Wildman–Crippen MR) is 66.7 cm³/mol. The molecule has 0 spiro atoms. The van der Waals surface area contributed by atoms with Crippen molar-refractivity contribution in [1.29, 1.82) is 0 Å². The Morgan fingerprint density at radius 3 is 2.56 bits per heavy atom. The number of hydrogen-bond acceptors (Lipinski definition) is 2. The van der Waals surface area contributed by atoms with Gasteiger partial charge in [0.1, 0.15) is 5.82 Å². The zero-order chi connectivity index (χ0) is 11.7. The van der Waals surface area contributed by atoms with Crippen molar-refractivity contribution in [3.05, 3.63) is 23.8 Å². The summed E-state index contributed by atoms with van der Waals surface area (Å²) < 4.78 is 2.23. The van der Waals surface area contributed by atoms with Gasteiger partial charge in [-0.05, 0) is 18.9 Å². The van der Waals surface area contributed by atoms with Crippen molar-refractivity contribution in [2.24, 2.45) is 0 Å². The second-order valence-electron chi connectivity index (χ2n) is 4.37. The molecule has 2 rings (SSSR count). The summed E-state index contributed by atoms with van der Waals surface area (Å²) in [5.74, 6) is 1.39. The van der Waals surface area contributed by atoms with Crippen LogP contribution >= 0.6 is 0 Å². The van der Waals surface area contributed by atoms with E-state index in [0.29, 0.717) is 5.92 Å². The third kappa shape index (κ3) is 1.70. The van der Waals surface area contributed by atoms with Gasteiger partial charge in [-0.3, -0.25) is 0 Å². The quantitative estimate of drug-likeness (QED) is 0.790. The Morgan fingerprint density at radius 1 is 1.25 bits per heavy atom. The van der Waals surface area contributed by atoms with Gasteiger partial charge in [-0.2, -0.15) is 0 Å². The van der Waals surface area contributed by atoms with Crippen LogP contribution in [0, 0.1) is 0 Å². The number of nitrogens with zero attached hydrogens (tertiary/aromatic N) is 3. The molecule has 16 heavy (non-hydrogen) atoms. The number of rotatable bonds is 3. The first kappa shape index (κ1) is 11.1. The lowest BCUT2D eigenvalue weighted by molar-refractivity contribution is 0.755. The van der Waals surface area contributed by atoms with Crippen LogP contribution in [-0.4, -0.2) is 14.5 Å². The Balaban J connectivity index is 2.75. The summed E-state index contributed by atoms with van der Waals surface area (Å²) in [6, 6.07) is 2.09. The highest BCUT2D eigenvalue weighted by molar-refractivity contribution is 5.78. The number of aromatic nitrogens is 3. The maximum absolute atomic E-state index is 4.67. The van der Waals surface area contributed by atoms with Crippen LogP contribution in [0.5, 0.6) is 0 Å². The molecule has 0 saturated heterocycles. The number of fused-ring (bicyclic) bond motifs is 1. The molecule has 0 bridgehead atoms. The van der Waals surface area contributed by atoms with Crippen LogP contribution in [0.2, 0.25) is 0 Å². The summed E-state index contributed by atoms with van der Waals surface area (Å²) in [5.41, 5.74) is 3.46. The van der Waals surface area contributed by atoms with Gasteiger partial charge in [0.2, 0.25) is 0 Å². The molecule has 0 fully saturated rings. The second-order valence-corrected chi connectivity index (χ2v) is 4.37. The molecule has 0 N–H and O–H groups in total. The van der Waals surface area contributed by atoms with E-state index in [9.17, 15) is 0 Å². The van der Waals surface area contributed by atoms with Crippen molar-refractivity contribution in [1.82, 2.24) is 14.5 Å². The zero-order valence-electron chi connectivity index (χ0n) is 10.5. The summed E-state index contributed by atoms with van der Waals surface area (Å²) >= 11 is 0. The molecule has 0 atom stereocenters. The maximum atomic E-state index is 4.67. The molecule has 0 amide bonds. The first-order valence-corrected chi connectivity index (χ1v) is 6.03. The van der Waals surface area contributed by atoms with E-state index in [-0.39, 0.29) is 0 Å². The standard InChI is InChI=1S/C13H19N3/c1-5-11-14-10-7-8-16(6-2)13(10)12(15-11)9(3)4/h7-9H,5-6H2,1-4H3. The fourth-order valence-corrected chi connectivity index (χ4v) is 2.01. The molecule has 0 aliphatic rings. The molecule has 0 saturated carbocycles. The van der Waals surface area contributed by atoms with Gasteiger partial charge < -0.3 is 4.57 Å². The summed E-state index contributed by atoms with van der Waals surface area (Å²) in [6.07, 6.45) is 3.00. The first-order valence-electron chi connectivity index (χ1n) is 6.03. The van der Waals surface area contributed by atoms with Gasteiger partial charge in [-0.1, -0.05) is 20.8 Å². The third-order valence-corrected chi connectivity index (χ3v) is 2.89. The van der Waals surface area contributed by atoms with E-state index in [0.717, 1.165) is 24.3 Å². The van der Waals surface area contributed by atoms with Crippen molar-refractivity contribution in [2.75, 3.05) is 0 Å². The molecule has 0 aliphatic carbocycles. The minimum absolute atomic E-state index is 0.441. The number of aryl methyl sites for hydroxylation is 2. The lowest BCUT2D eigenvalue weighted by Crippen LogP contribution is -2.04. The SMILES string of the molecule is CCc1nc(C(C)C)c2c(ccn2CC)n1. The van der Waals surface area contributed by atoms with E-state index in [4.69, 9.17) is 0 Å². The van der Waals surface area contributed by atoms with Crippen LogP contribution in [0.4, 0.5) is 0 Å². The van der Waals surface area contributed by atoms with E-state index in [2.05, 4.69) is 54.5 Å². The normalized spacial score (nSPS) is 11.6. The fourth-order valence-electron chi connectivity index (χ4n) is 2.01. The summed E-state index contributed by atoms with van der Waals surface area (Å²) in [5, 5.41) is 0. The molecular formula is C13H19N3.